The molecule has 8 heteroatoms. The van der Waals surface area contributed by atoms with Crippen LogP contribution in [0.2, 0.25) is 0 Å². The number of hydrogen-bond acceptors (Lipinski definition) is 1. The largest absolute Gasteiger partial charge is 0.354 e. The third kappa shape index (κ3) is 10.4. The fourth-order valence-corrected chi connectivity index (χ4v) is 20.0. The molecule has 0 aliphatic carbocycles. The van der Waals surface area contributed by atoms with Crippen LogP contribution in [0, 0.1) is 0 Å². The number of fused-ring (bicyclic) bond motifs is 28. The van der Waals surface area contributed by atoms with E-state index in [1.807, 2.05) is 11.3 Å². The number of para-hydroxylation sites is 13. The van der Waals surface area contributed by atoms with Crippen LogP contribution < -0.4 is 0 Å². The second-order valence-corrected chi connectivity index (χ2v) is 30.9. The maximum absolute atomic E-state index is 3.66. The second kappa shape index (κ2) is 27.3. The minimum absolute atomic E-state index is 1.18. The fourth-order valence-electron chi connectivity index (χ4n) is 18.7. The summed E-state index contributed by atoms with van der Waals surface area (Å²) in [5, 5.41) is 20.8. The van der Waals surface area contributed by atoms with Crippen LogP contribution in [-0.2, 0) is 0 Å². The van der Waals surface area contributed by atoms with E-state index < -0.39 is 0 Å². The number of benzene rings is 18. The van der Waals surface area contributed by atoms with Crippen LogP contribution in [-0.4, -0.2) is 32.4 Å². The van der Waals surface area contributed by atoms with Gasteiger partial charge in [0.2, 0.25) is 0 Å². The third-order valence-corrected chi connectivity index (χ3v) is 24.7. The first kappa shape index (κ1) is 66.6. The molecular weight excluding hydrogens is 1430 g/mol. The highest BCUT2D eigenvalue weighted by Crippen LogP contribution is 2.47. The van der Waals surface area contributed by atoms with Gasteiger partial charge in [-0.25, -0.2) is 0 Å². The minimum Gasteiger partial charge on any atom is -0.354 e. The van der Waals surface area contributed by atoms with Gasteiger partial charge in [-0.1, -0.05) is 279 Å². The summed E-state index contributed by atoms with van der Waals surface area (Å²) in [5.41, 5.74) is 24.4. The van der Waals surface area contributed by atoms with Crippen LogP contribution in [0.3, 0.4) is 0 Å². The highest BCUT2D eigenvalue weighted by molar-refractivity contribution is 7.26. The van der Waals surface area contributed by atoms with Crippen LogP contribution >= 0.6 is 11.3 Å². The average Bonchev–Trinajstić information content (AvgIpc) is 1.11. The Balaban J connectivity index is 0.0000000916. The molecule has 116 heavy (non-hydrogen) atoms. The molecule has 0 bridgehead atoms. The number of H-pyrrole nitrogens is 1. The molecule has 0 fully saturated rings. The normalized spacial score (nSPS) is 11.8. The predicted molar refractivity (Wildman–Crippen MR) is 494 cm³/mol. The van der Waals surface area contributed by atoms with E-state index in [0.29, 0.717) is 0 Å². The lowest BCUT2D eigenvalue weighted by Gasteiger charge is -2.12. The summed E-state index contributed by atoms with van der Waals surface area (Å²) in [5.74, 6) is 0. The van der Waals surface area contributed by atoms with Gasteiger partial charge in [0.05, 0.1) is 71.7 Å². The van der Waals surface area contributed by atoms with E-state index in [2.05, 4.69) is 457 Å². The third-order valence-electron chi connectivity index (χ3n) is 23.5. The number of rotatable bonds is 6. The van der Waals surface area contributed by atoms with Crippen LogP contribution in [0.25, 0.3) is 207 Å². The van der Waals surface area contributed by atoms with Gasteiger partial charge in [-0.05, 0) is 146 Å². The van der Waals surface area contributed by atoms with E-state index in [-0.39, 0.29) is 0 Å². The van der Waals surface area contributed by atoms with Crippen molar-refractivity contribution in [1.82, 2.24) is 32.4 Å². The van der Waals surface area contributed by atoms with E-state index in [4.69, 9.17) is 0 Å². The van der Waals surface area contributed by atoms with Gasteiger partial charge in [-0.2, -0.15) is 0 Å². The van der Waals surface area contributed by atoms with Gasteiger partial charge in [-0.3, -0.25) is 0 Å². The standard InChI is InChI=1S/2C30H20N2.C24H16N2.C24H15NS/c1-3-11-21(12-4-1)31-27-17-9-7-15-23(27)25-19-20-26-24-16-8-10-18-28(24)32(30(26)29(25)31)22-13-5-2-6-14-22;1-3-11-21(12-4-1)31-25-17-9-7-15-23(25)29-27(31)19-20-28-30(29)24-16-8-10-18-26(24)32(28)22-13-5-2-6-14-22;1-2-8-16(9-3-1)26-21-13-7-5-11-19(21)23-22(26)15-14-18-17-10-4-6-12-20(17)25-24(18)23;1-2-8-16(9-3-1)25-20-12-6-4-11-19(20)23-21(25)15-14-18-17-10-5-7-13-22(17)26-24(18)23/h2*1-20H;1-15,25H;1-15H. The van der Waals surface area contributed by atoms with E-state index >= 15 is 0 Å². The molecule has 0 saturated heterocycles. The van der Waals surface area contributed by atoms with Crippen molar-refractivity contribution in [1.29, 1.82) is 0 Å². The van der Waals surface area contributed by atoms with Crippen molar-refractivity contribution in [2.45, 2.75) is 0 Å². The molecule has 544 valence electrons. The molecule has 7 nitrogen and oxygen atoms in total. The molecule has 8 aromatic heterocycles. The van der Waals surface area contributed by atoms with Crippen molar-refractivity contribution >= 4 is 184 Å². The molecule has 0 amide bonds. The van der Waals surface area contributed by atoms with Gasteiger partial charge in [-0.15, -0.1) is 11.3 Å². The number of nitrogens with one attached hydrogen (secondary N) is 1. The lowest BCUT2D eigenvalue weighted by molar-refractivity contribution is 1.15. The molecule has 0 spiro atoms. The molecule has 0 radical (unpaired) electrons. The van der Waals surface area contributed by atoms with Gasteiger partial charge in [0.25, 0.3) is 0 Å². The molecule has 18 aromatic carbocycles. The average molecular weight is 1500 g/mol. The van der Waals surface area contributed by atoms with Gasteiger partial charge in [0.1, 0.15) is 0 Å². The van der Waals surface area contributed by atoms with Crippen LogP contribution in [0.4, 0.5) is 0 Å². The van der Waals surface area contributed by atoms with Gasteiger partial charge in [0.15, 0.2) is 0 Å². The molecule has 0 aliphatic rings. The summed E-state index contributed by atoms with van der Waals surface area (Å²) >= 11 is 1.90. The van der Waals surface area contributed by atoms with Gasteiger partial charge < -0.3 is 32.4 Å². The Hall–Kier alpha value is -15.2. The van der Waals surface area contributed by atoms with Crippen molar-refractivity contribution in [3.8, 4) is 34.1 Å². The Bertz CT molecular complexity index is 7820. The first-order valence-corrected chi connectivity index (χ1v) is 40.5. The summed E-state index contributed by atoms with van der Waals surface area (Å²) in [6.07, 6.45) is 0. The summed E-state index contributed by atoms with van der Waals surface area (Å²) < 4.78 is 17.1. The smallest absolute Gasteiger partial charge is 0.0788 e. The Morgan fingerprint density at radius 1 is 0.164 bits per heavy atom. The zero-order chi connectivity index (χ0) is 76.3. The Kier molecular flexibility index (Phi) is 15.7. The summed E-state index contributed by atoms with van der Waals surface area (Å²) in [6.45, 7) is 0. The number of aromatic nitrogens is 7. The summed E-state index contributed by atoms with van der Waals surface area (Å²) in [4.78, 5) is 3.66. The lowest BCUT2D eigenvalue weighted by atomic mass is 10.1. The van der Waals surface area contributed by atoms with Crippen LogP contribution in [0.15, 0.2) is 425 Å². The van der Waals surface area contributed by atoms with Crippen molar-refractivity contribution in [2.24, 2.45) is 0 Å². The van der Waals surface area contributed by atoms with Crippen molar-refractivity contribution < 1.29 is 0 Å². The van der Waals surface area contributed by atoms with Crippen LogP contribution in [0.5, 0.6) is 0 Å². The van der Waals surface area contributed by atoms with Crippen molar-refractivity contribution in [2.75, 3.05) is 0 Å². The monoisotopic (exact) mass is 1500 g/mol. The van der Waals surface area contributed by atoms with Crippen molar-refractivity contribution in [3.05, 3.63) is 425 Å². The Morgan fingerprint density at radius 2 is 0.431 bits per heavy atom. The zero-order valence-electron chi connectivity index (χ0n) is 63.0. The Labute approximate surface area is 670 Å². The molecular formula is C108H71N7S. The molecule has 26 rings (SSSR count). The molecule has 0 atom stereocenters. The first-order chi connectivity index (χ1) is 57.7. The van der Waals surface area contributed by atoms with E-state index in [0.717, 1.165) is 0 Å². The predicted octanol–water partition coefficient (Wildman–Crippen LogP) is 29.3. The topological polar surface area (TPSA) is 45.4 Å². The Morgan fingerprint density at radius 3 is 0.836 bits per heavy atom. The SMILES string of the molecule is c1ccc(-n2c3ccccc3c3c4[nH]c5ccccc5c4ccc32)cc1.c1ccc(-n2c3ccccc3c3c4c5ccccc5n(-c5ccccc5)c4ccc32)cc1.c1ccc(-n2c3ccccc3c3c4sc5ccccc5c4ccc32)cc1.c1ccc(-n2c3ccccc3c3ccc4c5ccccc5n(-c5ccccc5)c4c32)cc1. The fraction of sp³-hybridized carbons (Fsp3) is 0. The maximum atomic E-state index is 3.66. The zero-order valence-corrected chi connectivity index (χ0v) is 63.8. The molecule has 26 aromatic rings. The van der Waals surface area contributed by atoms with Gasteiger partial charge in [0, 0.05) is 135 Å². The highest BCUT2D eigenvalue weighted by atomic mass is 32.1. The molecule has 0 unspecified atom stereocenters. The molecule has 8 heterocycles. The molecule has 0 aliphatic heterocycles. The number of nitrogens with zero attached hydrogens (tertiary/aromatic N) is 6. The van der Waals surface area contributed by atoms with E-state index in [1.165, 1.54) is 207 Å². The number of hydrogen-bond donors (Lipinski definition) is 1. The highest BCUT2D eigenvalue weighted by Gasteiger charge is 2.25. The number of thiophene rings is 1. The first-order valence-electron chi connectivity index (χ1n) is 39.7. The molecule has 1 N–H and O–H groups in total. The molecule has 0 saturated carbocycles. The van der Waals surface area contributed by atoms with E-state index in [1.54, 1.807) is 0 Å². The maximum Gasteiger partial charge on any atom is 0.0788 e. The quantitative estimate of drug-likeness (QED) is 0.172. The minimum atomic E-state index is 1.18. The number of aromatic amines is 1. The second-order valence-electron chi connectivity index (χ2n) is 29.8. The summed E-state index contributed by atoms with van der Waals surface area (Å²) in [7, 11) is 0. The lowest BCUT2D eigenvalue weighted by Crippen LogP contribution is -1.98. The van der Waals surface area contributed by atoms with Crippen LogP contribution in [0.1, 0.15) is 0 Å². The summed E-state index contributed by atoms with van der Waals surface area (Å²) in [6, 6.07) is 152. The van der Waals surface area contributed by atoms with Gasteiger partial charge >= 0.3 is 0 Å². The van der Waals surface area contributed by atoms with E-state index in [9.17, 15) is 0 Å². The van der Waals surface area contributed by atoms with Crippen molar-refractivity contribution in [3.63, 3.8) is 0 Å².